The summed E-state index contributed by atoms with van der Waals surface area (Å²) >= 11 is 0. The van der Waals surface area contributed by atoms with Gasteiger partial charge in [0, 0.05) is 6.54 Å². The smallest absolute Gasteiger partial charge is 0.416 e. The van der Waals surface area contributed by atoms with Gasteiger partial charge in [0.25, 0.3) is 0 Å². The Morgan fingerprint density at radius 1 is 1.00 bits per heavy atom. The van der Waals surface area contributed by atoms with Crippen molar-refractivity contribution in [2.75, 3.05) is 6.54 Å². The first-order valence-corrected chi connectivity index (χ1v) is 10.8. The molecule has 2 unspecified atom stereocenters. The lowest BCUT2D eigenvalue weighted by molar-refractivity contribution is -0.143. The standard InChI is InChI=1S/C26H24F3NO3/c27-26(28,29)22-10-5-4-9-21(22)24(30-16-6-11-23(30)25(31)32)19-12-14-20(15-13-19)33-17-18-7-2-1-3-8-18/h1-5,7-10,12-15,23-24H,6,11,16-17H2,(H,31,32). The lowest BCUT2D eigenvalue weighted by atomic mass is 9.92. The maximum absolute atomic E-state index is 13.8. The summed E-state index contributed by atoms with van der Waals surface area (Å²) in [7, 11) is 0. The first-order valence-electron chi connectivity index (χ1n) is 10.8. The molecule has 1 aliphatic rings. The molecule has 0 aliphatic carbocycles. The van der Waals surface area contributed by atoms with Crippen molar-refractivity contribution in [2.24, 2.45) is 0 Å². The van der Waals surface area contributed by atoms with E-state index in [1.807, 2.05) is 30.3 Å². The van der Waals surface area contributed by atoms with Gasteiger partial charge in [0.05, 0.1) is 11.6 Å². The Kier molecular flexibility index (Phi) is 6.70. The van der Waals surface area contributed by atoms with Crippen LogP contribution in [-0.4, -0.2) is 28.6 Å². The molecule has 1 heterocycles. The lowest BCUT2D eigenvalue weighted by Gasteiger charge is -2.33. The van der Waals surface area contributed by atoms with Gasteiger partial charge in [-0.1, -0.05) is 60.7 Å². The molecule has 1 aliphatic heterocycles. The van der Waals surface area contributed by atoms with E-state index in [1.54, 1.807) is 35.2 Å². The maximum Gasteiger partial charge on any atom is 0.416 e. The van der Waals surface area contributed by atoms with Gasteiger partial charge in [-0.3, -0.25) is 9.69 Å². The fraction of sp³-hybridized carbons (Fsp3) is 0.269. The van der Waals surface area contributed by atoms with Crippen molar-refractivity contribution in [3.63, 3.8) is 0 Å². The molecular formula is C26H24F3NO3. The first-order chi connectivity index (χ1) is 15.8. The molecule has 3 aromatic carbocycles. The Labute approximate surface area is 190 Å². The van der Waals surface area contributed by atoms with Crippen molar-refractivity contribution < 1.29 is 27.8 Å². The third-order valence-corrected chi connectivity index (χ3v) is 5.92. The summed E-state index contributed by atoms with van der Waals surface area (Å²) in [5, 5.41) is 9.69. The molecule has 7 heteroatoms. The Bertz CT molecular complexity index is 1080. The summed E-state index contributed by atoms with van der Waals surface area (Å²) < 4.78 is 47.3. The summed E-state index contributed by atoms with van der Waals surface area (Å²) in [5.41, 5.74) is 0.887. The largest absolute Gasteiger partial charge is 0.489 e. The van der Waals surface area contributed by atoms with Gasteiger partial charge in [0.15, 0.2) is 0 Å². The molecule has 0 radical (unpaired) electrons. The molecule has 0 bridgehead atoms. The number of carboxylic acids is 1. The molecule has 1 fully saturated rings. The molecule has 4 rings (SSSR count). The molecule has 0 spiro atoms. The number of alkyl halides is 3. The van der Waals surface area contributed by atoms with Gasteiger partial charge in [-0.2, -0.15) is 13.2 Å². The van der Waals surface area contributed by atoms with Crippen molar-refractivity contribution in [3.8, 4) is 5.75 Å². The van der Waals surface area contributed by atoms with Gasteiger partial charge >= 0.3 is 12.1 Å². The molecule has 2 atom stereocenters. The fourth-order valence-corrected chi connectivity index (χ4v) is 4.39. The Morgan fingerprint density at radius 2 is 1.67 bits per heavy atom. The summed E-state index contributed by atoms with van der Waals surface area (Å²) in [4.78, 5) is 13.5. The number of nitrogens with zero attached hydrogens (tertiary/aromatic N) is 1. The number of aliphatic carboxylic acids is 1. The molecule has 0 aromatic heterocycles. The number of ether oxygens (including phenoxy) is 1. The van der Waals surface area contributed by atoms with Crippen molar-refractivity contribution in [1.82, 2.24) is 4.90 Å². The highest BCUT2D eigenvalue weighted by molar-refractivity contribution is 5.74. The van der Waals surface area contributed by atoms with Gasteiger partial charge in [-0.15, -0.1) is 0 Å². The monoisotopic (exact) mass is 455 g/mol. The van der Waals surface area contributed by atoms with Crippen LogP contribution in [0.3, 0.4) is 0 Å². The molecular weight excluding hydrogens is 431 g/mol. The summed E-state index contributed by atoms with van der Waals surface area (Å²) in [6, 6.07) is 20.2. The average molecular weight is 455 g/mol. The number of carbonyl (C=O) groups is 1. The molecule has 0 amide bonds. The fourth-order valence-electron chi connectivity index (χ4n) is 4.39. The van der Waals surface area contributed by atoms with E-state index >= 15 is 0 Å². The maximum atomic E-state index is 13.8. The average Bonchev–Trinajstić information content (AvgIpc) is 3.29. The van der Waals surface area contributed by atoms with Crippen LogP contribution >= 0.6 is 0 Å². The van der Waals surface area contributed by atoms with E-state index < -0.39 is 29.8 Å². The highest BCUT2D eigenvalue weighted by Gasteiger charge is 2.41. The molecule has 1 N–H and O–H groups in total. The molecule has 33 heavy (non-hydrogen) atoms. The number of benzene rings is 3. The number of likely N-dealkylation sites (tertiary alicyclic amines) is 1. The second-order valence-electron chi connectivity index (χ2n) is 8.06. The number of hydrogen-bond donors (Lipinski definition) is 1. The van der Waals surface area contributed by atoms with E-state index in [-0.39, 0.29) is 5.56 Å². The molecule has 4 nitrogen and oxygen atoms in total. The third kappa shape index (κ3) is 5.20. The zero-order valence-corrected chi connectivity index (χ0v) is 17.8. The number of hydrogen-bond acceptors (Lipinski definition) is 3. The van der Waals surface area contributed by atoms with Gasteiger partial charge in [-0.25, -0.2) is 0 Å². The van der Waals surface area contributed by atoms with Crippen LogP contribution in [0.1, 0.15) is 41.1 Å². The Balaban J connectivity index is 1.68. The quantitative estimate of drug-likeness (QED) is 0.480. The molecule has 3 aromatic rings. The van der Waals surface area contributed by atoms with Crippen LogP contribution in [0.15, 0.2) is 78.9 Å². The van der Waals surface area contributed by atoms with Crippen molar-refractivity contribution in [1.29, 1.82) is 0 Å². The van der Waals surface area contributed by atoms with Crippen LogP contribution in [0.2, 0.25) is 0 Å². The van der Waals surface area contributed by atoms with E-state index in [9.17, 15) is 23.1 Å². The third-order valence-electron chi connectivity index (χ3n) is 5.92. The van der Waals surface area contributed by atoms with Gasteiger partial charge in [-0.05, 0) is 47.7 Å². The number of carboxylic acid groups (broad SMARTS) is 1. The predicted octanol–water partition coefficient (Wildman–Crippen LogP) is 5.92. The molecule has 0 saturated carbocycles. The van der Waals surface area contributed by atoms with Crippen LogP contribution < -0.4 is 4.74 Å². The minimum absolute atomic E-state index is 0.0519. The van der Waals surface area contributed by atoms with Gasteiger partial charge in [0.2, 0.25) is 0 Å². The highest BCUT2D eigenvalue weighted by Crippen LogP contribution is 2.41. The second kappa shape index (κ2) is 9.67. The van der Waals surface area contributed by atoms with Crippen LogP contribution in [0.5, 0.6) is 5.75 Å². The Morgan fingerprint density at radius 3 is 2.33 bits per heavy atom. The van der Waals surface area contributed by atoms with Crippen molar-refractivity contribution >= 4 is 5.97 Å². The lowest BCUT2D eigenvalue weighted by Crippen LogP contribution is -2.39. The second-order valence-corrected chi connectivity index (χ2v) is 8.06. The van der Waals surface area contributed by atoms with Crippen molar-refractivity contribution in [3.05, 3.63) is 101 Å². The van der Waals surface area contributed by atoms with Gasteiger partial charge < -0.3 is 9.84 Å². The van der Waals surface area contributed by atoms with E-state index in [0.717, 1.165) is 11.6 Å². The zero-order chi connectivity index (χ0) is 23.4. The first kappa shape index (κ1) is 22.9. The SMILES string of the molecule is O=C(O)C1CCCN1C(c1ccc(OCc2ccccc2)cc1)c1ccccc1C(F)(F)F. The zero-order valence-electron chi connectivity index (χ0n) is 17.8. The molecule has 172 valence electrons. The normalized spacial score (nSPS) is 17.6. The minimum Gasteiger partial charge on any atom is -0.489 e. The highest BCUT2D eigenvalue weighted by atomic mass is 19.4. The molecule has 1 saturated heterocycles. The minimum atomic E-state index is -4.55. The van der Waals surface area contributed by atoms with Crippen molar-refractivity contribution in [2.45, 2.75) is 37.7 Å². The van der Waals surface area contributed by atoms with E-state index in [1.165, 1.54) is 12.1 Å². The van der Waals surface area contributed by atoms with E-state index in [0.29, 0.717) is 37.3 Å². The van der Waals surface area contributed by atoms with E-state index in [4.69, 9.17) is 4.74 Å². The number of halogens is 3. The Hall–Kier alpha value is -3.32. The summed E-state index contributed by atoms with van der Waals surface area (Å²) in [6.45, 7) is 0.772. The van der Waals surface area contributed by atoms with Crippen LogP contribution in [0.4, 0.5) is 13.2 Å². The summed E-state index contributed by atoms with van der Waals surface area (Å²) in [6.07, 6.45) is -3.54. The van der Waals surface area contributed by atoms with Gasteiger partial charge in [0.1, 0.15) is 18.4 Å². The topological polar surface area (TPSA) is 49.8 Å². The van der Waals surface area contributed by atoms with Crippen LogP contribution in [-0.2, 0) is 17.6 Å². The predicted molar refractivity (Wildman–Crippen MR) is 118 cm³/mol. The van der Waals surface area contributed by atoms with Crippen LogP contribution in [0, 0.1) is 0 Å². The van der Waals surface area contributed by atoms with Crippen LogP contribution in [0.25, 0.3) is 0 Å². The summed E-state index contributed by atoms with van der Waals surface area (Å²) in [5.74, 6) is -0.438. The van der Waals surface area contributed by atoms with E-state index in [2.05, 4.69) is 0 Å². The number of rotatable bonds is 7.